The van der Waals surface area contributed by atoms with Crippen LogP contribution in [-0.4, -0.2) is 19.6 Å². The van der Waals surface area contributed by atoms with Crippen molar-refractivity contribution in [1.29, 1.82) is 0 Å². The number of ether oxygens (including phenoxy) is 1. The molecule has 2 rings (SSSR count). The standard InChI is InChI=1S/C18H22FNO2/c1-22-17-9-7-15(13-16(17)19)8-10-18(21)20-12-11-14-5-3-2-4-6-14/h5,7-10,13H,2-4,6,11-12H2,1H3,(H,20,21). The van der Waals surface area contributed by atoms with Crippen molar-refractivity contribution in [2.45, 2.75) is 32.1 Å². The van der Waals surface area contributed by atoms with E-state index in [1.807, 2.05) is 0 Å². The van der Waals surface area contributed by atoms with Crippen LogP contribution < -0.4 is 10.1 Å². The van der Waals surface area contributed by atoms with E-state index in [0.717, 1.165) is 19.3 Å². The summed E-state index contributed by atoms with van der Waals surface area (Å²) in [6, 6.07) is 4.59. The third-order valence-corrected chi connectivity index (χ3v) is 3.73. The highest BCUT2D eigenvalue weighted by Crippen LogP contribution is 2.19. The Morgan fingerprint density at radius 3 is 2.95 bits per heavy atom. The van der Waals surface area contributed by atoms with Crippen LogP contribution in [0.2, 0.25) is 0 Å². The Hall–Kier alpha value is -2.10. The van der Waals surface area contributed by atoms with Gasteiger partial charge < -0.3 is 10.1 Å². The van der Waals surface area contributed by atoms with Gasteiger partial charge in [-0.05, 0) is 55.9 Å². The summed E-state index contributed by atoms with van der Waals surface area (Å²) in [5.74, 6) is -0.399. The number of benzene rings is 1. The van der Waals surface area contributed by atoms with E-state index in [1.165, 1.54) is 37.7 Å². The predicted molar refractivity (Wildman–Crippen MR) is 86.2 cm³/mol. The molecular weight excluding hydrogens is 281 g/mol. The van der Waals surface area contributed by atoms with Gasteiger partial charge in [-0.1, -0.05) is 17.7 Å². The van der Waals surface area contributed by atoms with Crippen LogP contribution in [0.5, 0.6) is 5.75 Å². The third kappa shape index (κ3) is 5.02. The summed E-state index contributed by atoms with van der Waals surface area (Å²) in [5.41, 5.74) is 2.07. The summed E-state index contributed by atoms with van der Waals surface area (Å²) in [4.78, 5) is 11.7. The lowest BCUT2D eigenvalue weighted by atomic mass is 9.97. The predicted octanol–water partition coefficient (Wildman–Crippen LogP) is 3.85. The summed E-state index contributed by atoms with van der Waals surface area (Å²) in [6.07, 6.45) is 11.1. The number of halogens is 1. The third-order valence-electron chi connectivity index (χ3n) is 3.73. The SMILES string of the molecule is COc1ccc(C=CC(=O)NCCC2=CCCCC2)cc1F. The zero-order valence-electron chi connectivity index (χ0n) is 12.9. The molecule has 1 aromatic rings. The van der Waals surface area contributed by atoms with Crippen molar-refractivity contribution >= 4 is 12.0 Å². The second-order valence-electron chi connectivity index (χ2n) is 5.38. The molecule has 0 saturated carbocycles. The molecule has 3 nitrogen and oxygen atoms in total. The highest BCUT2D eigenvalue weighted by Gasteiger charge is 2.04. The number of rotatable bonds is 6. The fourth-order valence-corrected chi connectivity index (χ4v) is 2.50. The smallest absolute Gasteiger partial charge is 0.244 e. The van der Waals surface area contributed by atoms with E-state index >= 15 is 0 Å². The summed E-state index contributed by atoms with van der Waals surface area (Å²) in [7, 11) is 1.42. The lowest BCUT2D eigenvalue weighted by Crippen LogP contribution is -2.22. The lowest BCUT2D eigenvalue weighted by molar-refractivity contribution is -0.116. The summed E-state index contributed by atoms with van der Waals surface area (Å²) in [5, 5.41) is 2.85. The van der Waals surface area contributed by atoms with E-state index in [2.05, 4.69) is 11.4 Å². The average Bonchev–Trinajstić information content (AvgIpc) is 2.54. The number of nitrogens with one attached hydrogen (secondary N) is 1. The Morgan fingerprint density at radius 2 is 2.27 bits per heavy atom. The Kier molecular flexibility index (Phi) is 6.19. The van der Waals surface area contributed by atoms with Crippen molar-refractivity contribution in [2.75, 3.05) is 13.7 Å². The fourth-order valence-electron chi connectivity index (χ4n) is 2.50. The molecule has 0 unspecified atom stereocenters. The van der Waals surface area contributed by atoms with Crippen LogP contribution in [0.4, 0.5) is 4.39 Å². The molecule has 0 bridgehead atoms. The van der Waals surface area contributed by atoms with Crippen molar-refractivity contribution in [3.8, 4) is 5.75 Å². The van der Waals surface area contributed by atoms with E-state index in [-0.39, 0.29) is 11.7 Å². The number of hydrogen-bond acceptors (Lipinski definition) is 2. The molecule has 4 heteroatoms. The first-order chi connectivity index (χ1) is 10.7. The molecule has 0 radical (unpaired) electrons. The van der Waals surface area contributed by atoms with Gasteiger partial charge in [0.1, 0.15) is 0 Å². The van der Waals surface area contributed by atoms with Crippen molar-refractivity contribution in [2.24, 2.45) is 0 Å². The molecule has 1 amide bonds. The van der Waals surface area contributed by atoms with Gasteiger partial charge in [-0.15, -0.1) is 0 Å². The van der Waals surface area contributed by atoms with Crippen molar-refractivity contribution in [3.63, 3.8) is 0 Å². The number of hydrogen-bond donors (Lipinski definition) is 1. The van der Waals surface area contributed by atoms with Crippen LogP contribution >= 0.6 is 0 Å². The molecule has 0 fully saturated rings. The van der Waals surface area contributed by atoms with Gasteiger partial charge >= 0.3 is 0 Å². The number of amides is 1. The molecule has 0 aromatic heterocycles. The van der Waals surface area contributed by atoms with Crippen LogP contribution in [-0.2, 0) is 4.79 Å². The molecule has 1 aliphatic carbocycles. The molecule has 0 aliphatic heterocycles. The quantitative estimate of drug-likeness (QED) is 0.640. The minimum Gasteiger partial charge on any atom is -0.494 e. The zero-order valence-corrected chi connectivity index (χ0v) is 12.9. The Balaban J connectivity index is 1.78. The molecule has 1 aliphatic rings. The minimum absolute atomic E-state index is 0.160. The van der Waals surface area contributed by atoms with E-state index in [9.17, 15) is 9.18 Å². The van der Waals surface area contributed by atoms with Gasteiger partial charge in [0.05, 0.1) is 7.11 Å². The second kappa shape index (κ2) is 8.37. The summed E-state index contributed by atoms with van der Waals surface area (Å²) < 4.78 is 18.4. The van der Waals surface area contributed by atoms with Crippen LogP contribution in [0, 0.1) is 5.82 Å². The van der Waals surface area contributed by atoms with Gasteiger partial charge in [0.2, 0.25) is 5.91 Å². The van der Waals surface area contributed by atoms with E-state index < -0.39 is 5.82 Å². The zero-order chi connectivity index (χ0) is 15.8. The maximum Gasteiger partial charge on any atom is 0.244 e. The largest absolute Gasteiger partial charge is 0.494 e. The van der Waals surface area contributed by atoms with E-state index in [4.69, 9.17) is 4.74 Å². The Bertz CT molecular complexity index is 578. The molecule has 0 saturated heterocycles. The van der Waals surface area contributed by atoms with Gasteiger partial charge in [0.15, 0.2) is 11.6 Å². The maximum atomic E-state index is 13.5. The first kappa shape index (κ1) is 16.3. The van der Waals surface area contributed by atoms with Crippen molar-refractivity contribution in [3.05, 3.63) is 47.3 Å². The first-order valence-corrected chi connectivity index (χ1v) is 7.66. The first-order valence-electron chi connectivity index (χ1n) is 7.66. The molecule has 0 heterocycles. The van der Waals surface area contributed by atoms with E-state index in [0.29, 0.717) is 12.1 Å². The minimum atomic E-state index is -0.436. The highest BCUT2D eigenvalue weighted by atomic mass is 19.1. The van der Waals surface area contributed by atoms with Crippen molar-refractivity contribution < 1.29 is 13.9 Å². The Labute approximate surface area is 130 Å². The monoisotopic (exact) mass is 303 g/mol. The van der Waals surface area contributed by atoms with E-state index in [1.54, 1.807) is 18.2 Å². The average molecular weight is 303 g/mol. The molecular formula is C18H22FNO2. The van der Waals surface area contributed by atoms with Gasteiger partial charge in [-0.2, -0.15) is 0 Å². The number of allylic oxidation sites excluding steroid dienone is 1. The normalized spacial score (nSPS) is 14.7. The van der Waals surface area contributed by atoms with Crippen LogP contribution in [0.15, 0.2) is 35.9 Å². The van der Waals surface area contributed by atoms with Crippen LogP contribution in [0.1, 0.15) is 37.7 Å². The number of carbonyl (C=O) groups is 1. The van der Waals surface area contributed by atoms with Gasteiger partial charge in [0, 0.05) is 12.6 Å². The molecule has 22 heavy (non-hydrogen) atoms. The lowest BCUT2D eigenvalue weighted by Gasteiger charge is -2.12. The van der Waals surface area contributed by atoms with Crippen LogP contribution in [0.3, 0.4) is 0 Å². The molecule has 1 N–H and O–H groups in total. The van der Waals surface area contributed by atoms with Gasteiger partial charge in [-0.25, -0.2) is 4.39 Å². The van der Waals surface area contributed by atoms with Gasteiger partial charge in [-0.3, -0.25) is 4.79 Å². The Morgan fingerprint density at radius 1 is 1.41 bits per heavy atom. The molecule has 0 spiro atoms. The van der Waals surface area contributed by atoms with Crippen molar-refractivity contribution in [1.82, 2.24) is 5.32 Å². The molecule has 1 aromatic carbocycles. The van der Waals surface area contributed by atoms with Crippen LogP contribution in [0.25, 0.3) is 6.08 Å². The van der Waals surface area contributed by atoms with Gasteiger partial charge in [0.25, 0.3) is 0 Å². The maximum absolute atomic E-state index is 13.5. The second-order valence-corrected chi connectivity index (χ2v) is 5.38. The highest BCUT2D eigenvalue weighted by molar-refractivity contribution is 5.91. The summed E-state index contributed by atoms with van der Waals surface area (Å²) >= 11 is 0. The number of methoxy groups -OCH3 is 1. The molecule has 0 atom stereocenters. The fraction of sp³-hybridized carbons (Fsp3) is 0.389. The molecule has 118 valence electrons. The number of carbonyl (C=O) groups excluding carboxylic acids is 1. The topological polar surface area (TPSA) is 38.3 Å². The summed E-state index contributed by atoms with van der Waals surface area (Å²) in [6.45, 7) is 0.645.